The number of carbonyl (C=O) groups excluding carboxylic acids is 3. The lowest BCUT2D eigenvalue weighted by Crippen LogP contribution is -2.65. The summed E-state index contributed by atoms with van der Waals surface area (Å²) in [6.45, 7) is 18.5. The molecule has 0 aliphatic carbocycles. The summed E-state index contributed by atoms with van der Waals surface area (Å²) in [5, 5.41) is 5.13. The van der Waals surface area contributed by atoms with Crippen molar-refractivity contribution in [3.8, 4) is 5.75 Å². The Kier molecular flexibility index (Phi) is 9.46. The van der Waals surface area contributed by atoms with Crippen LogP contribution < -0.4 is 14.9 Å². The second-order valence-corrected chi connectivity index (χ2v) is 13.3. The molecule has 11 nitrogen and oxygen atoms in total. The van der Waals surface area contributed by atoms with Gasteiger partial charge in [-0.25, -0.2) is 9.36 Å². The highest BCUT2D eigenvalue weighted by molar-refractivity contribution is 7.52. The number of rotatable bonds is 9. The summed E-state index contributed by atoms with van der Waals surface area (Å²) in [5.74, 6) is -0.588. The van der Waals surface area contributed by atoms with E-state index in [0.717, 1.165) is 27.8 Å². The first-order valence-corrected chi connectivity index (χ1v) is 15.1. The van der Waals surface area contributed by atoms with Gasteiger partial charge in [0, 0.05) is 6.04 Å². The Bertz CT molecular complexity index is 1200. The van der Waals surface area contributed by atoms with E-state index < -0.39 is 49.6 Å². The van der Waals surface area contributed by atoms with Gasteiger partial charge in [0.25, 0.3) is 0 Å². The number of hydrogen-bond donors (Lipinski definition) is 2. The van der Waals surface area contributed by atoms with Crippen LogP contribution in [0.1, 0.15) is 68.9 Å². The van der Waals surface area contributed by atoms with Gasteiger partial charge >= 0.3 is 19.7 Å². The van der Waals surface area contributed by atoms with E-state index in [4.69, 9.17) is 18.5 Å². The zero-order valence-electron chi connectivity index (χ0n) is 25.5. The van der Waals surface area contributed by atoms with Crippen molar-refractivity contribution in [2.24, 2.45) is 11.3 Å². The van der Waals surface area contributed by atoms with Crippen LogP contribution in [-0.2, 0) is 28.2 Å². The minimum absolute atomic E-state index is 0.0652. The summed E-state index contributed by atoms with van der Waals surface area (Å²) >= 11 is 0. The van der Waals surface area contributed by atoms with Crippen LogP contribution in [-0.4, -0.2) is 60.9 Å². The summed E-state index contributed by atoms with van der Waals surface area (Å²) in [6.07, 6.45) is -0.622. The van der Waals surface area contributed by atoms with Crippen LogP contribution in [0.25, 0.3) is 0 Å². The number of benzene rings is 1. The molecule has 1 aromatic carbocycles. The molecule has 2 N–H and O–H groups in total. The first-order valence-electron chi connectivity index (χ1n) is 13.6. The van der Waals surface area contributed by atoms with Crippen LogP contribution in [0.3, 0.4) is 0 Å². The molecule has 2 aliphatic rings. The molecular weight excluding hydrogens is 537 g/mol. The molecule has 1 aromatic rings. The van der Waals surface area contributed by atoms with Gasteiger partial charge in [-0.05, 0) is 102 Å². The van der Waals surface area contributed by atoms with Gasteiger partial charge in [-0.2, -0.15) is 5.09 Å². The van der Waals surface area contributed by atoms with Crippen LogP contribution in [0.4, 0.5) is 4.79 Å². The summed E-state index contributed by atoms with van der Waals surface area (Å²) in [4.78, 5) is 38.8. The molecule has 6 unspecified atom stereocenters. The number of methoxy groups -OCH3 is 1. The predicted molar refractivity (Wildman–Crippen MR) is 150 cm³/mol. The standard InChI is InChI=1S/C28H44N3O8P/c1-14-12-23(31-21(8)28(9,10)26(33)29-27(31)34)38-22(14)13-37-40(35,30-20(7)25(32)36-11)39-24-18(5)16(3)15(2)17(4)19(24)6/h14,20-23H,12-13H2,1-11H3,(H,30,35)(H,29,33,34). The second-order valence-electron chi connectivity index (χ2n) is 11.6. The number of ether oxygens (including phenoxy) is 2. The molecule has 12 heteroatoms. The van der Waals surface area contributed by atoms with Crippen LogP contribution >= 0.6 is 7.75 Å². The molecule has 2 heterocycles. The Morgan fingerprint density at radius 1 is 1.10 bits per heavy atom. The minimum Gasteiger partial charge on any atom is -0.468 e. The molecule has 40 heavy (non-hydrogen) atoms. The number of nitrogens with one attached hydrogen (secondary N) is 2. The van der Waals surface area contributed by atoms with Crippen molar-refractivity contribution >= 4 is 25.7 Å². The number of nitrogens with zero attached hydrogens (tertiary/aromatic N) is 1. The van der Waals surface area contributed by atoms with E-state index in [1.54, 1.807) is 18.7 Å². The third kappa shape index (κ3) is 6.08. The molecule has 0 spiro atoms. The number of hydrogen-bond acceptors (Lipinski definition) is 8. The monoisotopic (exact) mass is 581 g/mol. The molecule has 0 saturated carbocycles. The van der Waals surface area contributed by atoms with Gasteiger partial charge in [-0.15, -0.1) is 0 Å². The molecule has 224 valence electrons. The Labute approximate surface area is 237 Å². The Hall–Kier alpha value is -2.46. The number of imide groups is 1. The van der Waals surface area contributed by atoms with Crippen molar-refractivity contribution in [1.82, 2.24) is 15.3 Å². The topological polar surface area (TPSA) is 132 Å². The quantitative estimate of drug-likeness (QED) is 0.317. The third-order valence-electron chi connectivity index (χ3n) is 8.81. The molecule has 0 bridgehead atoms. The molecule has 2 fully saturated rings. The molecule has 2 saturated heterocycles. The lowest BCUT2D eigenvalue weighted by molar-refractivity contribution is -0.142. The van der Waals surface area contributed by atoms with Gasteiger partial charge in [-0.1, -0.05) is 6.92 Å². The average molecular weight is 582 g/mol. The zero-order valence-corrected chi connectivity index (χ0v) is 26.4. The van der Waals surface area contributed by atoms with E-state index in [0.29, 0.717) is 12.2 Å². The van der Waals surface area contributed by atoms with E-state index in [9.17, 15) is 18.9 Å². The molecule has 6 atom stereocenters. The average Bonchev–Trinajstić information content (AvgIpc) is 3.26. The Balaban J connectivity index is 1.84. The number of amides is 3. The van der Waals surface area contributed by atoms with E-state index in [1.807, 2.05) is 48.5 Å². The highest BCUT2D eigenvalue weighted by Gasteiger charge is 2.50. The highest BCUT2D eigenvalue weighted by Crippen LogP contribution is 2.49. The van der Waals surface area contributed by atoms with Crippen LogP contribution in [0, 0.1) is 46.0 Å². The smallest absolute Gasteiger partial charge is 0.459 e. The van der Waals surface area contributed by atoms with E-state index in [-0.39, 0.29) is 18.4 Å². The van der Waals surface area contributed by atoms with Crippen molar-refractivity contribution in [3.63, 3.8) is 0 Å². The molecule has 0 aromatic heterocycles. The fourth-order valence-corrected chi connectivity index (χ4v) is 6.73. The minimum atomic E-state index is -4.13. The van der Waals surface area contributed by atoms with Crippen LogP contribution in [0.15, 0.2) is 0 Å². The number of urea groups is 1. The summed E-state index contributed by atoms with van der Waals surface area (Å²) < 4.78 is 37.2. The van der Waals surface area contributed by atoms with Crippen molar-refractivity contribution in [3.05, 3.63) is 27.8 Å². The second kappa shape index (κ2) is 11.8. The SMILES string of the molecule is COC(=O)C(C)NP(=O)(OCC1OC(N2C(=O)NC(=O)C(C)(C)C2C)CC1C)Oc1c(C)c(C)c(C)c(C)c1C. The van der Waals surface area contributed by atoms with E-state index in [2.05, 4.69) is 10.4 Å². The first kappa shape index (κ1) is 32.1. The van der Waals surface area contributed by atoms with Gasteiger partial charge < -0.3 is 14.0 Å². The molecular formula is C28H44N3O8P. The van der Waals surface area contributed by atoms with Crippen molar-refractivity contribution in [2.45, 2.75) is 100 Å². The first-order chi connectivity index (χ1) is 18.4. The normalized spacial score (nSPS) is 26.7. The summed E-state index contributed by atoms with van der Waals surface area (Å²) in [6, 6.07) is -1.88. The fourth-order valence-electron chi connectivity index (χ4n) is 5.11. The highest BCUT2D eigenvalue weighted by atomic mass is 31.2. The van der Waals surface area contributed by atoms with Crippen molar-refractivity contribution < 1.29 is 37.5 Å². The molecule has 2 aliphatic heterocycles. The maximum absolute atomic E-state index is 14.2. The van der Waals surface area contributed by atoms with E-state index >= 15 is 0 Å². The number of carbonyl (C=O) groups is 3. The van der Waals surface area contributed by atoms with Crippen molar-refractivity contribution in [1.29, 1.82) is 0 Å². The van der Waals surface area contributed by atoms with E-state index in [1.165, 1.54) is 14.0 Å². The zero-order chi connectivity index (χ0) is 30.3. The van der Waals surface area contributed by atoms with Gasteiger partial charge in [-0.3, -0.25) is 24.3 Å². The van der Waals surface area contributed by atoms with Gasteiger partial charge in [0.15, 0.2) is 0 Å². The third-order valence-corrected chi connectivity index (χ3v) is 10.4. The van der Waals surface area contributed by atoms with Crippen LogP contribution in [0.5, 0.6) is 5.75 Å². The fraction of sp³-hybridized carbons (Fsp3) is 0.679. The molecule has 3 rings (SSSR count). The van der Waals surface area contributed by atoms with Crippen LogP contribution in [0.2, 0.25) is 0 Å². The lowest BCUT2D eigenvalue weighted by Gasteiger charge is -2.45. The maximum atomic E-state index is 14.2. The number of esters is 1. The van der Waals surface area contributed by atoms with Gasteiger partial charge in [0.1, 0.15) is 18.0 Å². The van der Waals surface area contributed by atoms with Crippen molar-refractivity contribution in [2.75, 3.05) is 13.7 Å². The Morgan fingerprint density at radius 2 is 1.65 bits per heavy atom. The Morgan fingerprint density at radius 3 is 2.20 bits per heavy atom. The van der Waals surface area contributed by atoms with Gasteiger partial charge in [0.2, 0.25) is 5.91 Å². The van der Waals surface area contributed by atoms with Gasteiger partial charge in [0.05, 0.1) is 25.2 Å². The molecule has 0 radical (unpaired) electrons. The predicted octanol–water partition coefficient (Wildman–Crippen LogP) is 4.60. The summed E-state index contributed by atoms with van der Waals surface area (Å²) in [5.41, 5.74) is 3.99. The maximum Gasteiger partial charge on any atom is 0.459 e. The summed E-state index contributed by atoms with van der Waals surface area (Å²) in [7, 11) is -2.88. The lowest BCUT2D eigenvalue weighted by atomic mass is 9.81. The molecule has 3 amide bonds. The largest absolute Gasteiger partial charge is 0.468 e.